The number of aromatic nitrogens is 1. The third-order valence-electron chi connectivity index (χ3n) is 4.91. The highest BCUT2D eigenvalue weighted by atomic mass is 32.1. The number of fused-ring (bicyclic) bond motifs is 2. The maximum Gasteiger partial charge on any atom is 0.108 e. The minimum atomic E-state index is 0.248. The molecule has 2 fully saturated rings. The number of benzene rings is 1. The average Bonchev–Trinajstić information content (AvgIpc) is 3.03. The number of hydrogen-bond donors (Lipinski definition) is 1. The van der Waals surface area contributed by atoms with Gasteiger partial charge in [-0.25, -0.2) is 4.98 Å². The highest BCUT2D eigenvalue weighted by molar-refractivity contribution is 7.18. The molecular weight excluding hydrogens is 268 g/mol. The van der Waals surface area contributed by atoms with Crippen LogP contribution in [0.3, 0.4) is 0 Å². The summed E-state index contributed by atoms with van der Waals surface area (Å²) in [4.78, 5) is 4.70. The Kier molecular flexibility index (Phi) is 2.88. The predicted octanol–water partition coefficient (Wildman–Crippen LogP) is 3.20. The normalized spacial score (nSPS) is 31.2. The average molecular weight is 288 g/mol. The van der Waals surface area contributed by atoms with Gasteiger partial charge in [0.05, 0.1) is 16.3 Å². The first-order chi connectivity index (χ1) is 9.66. The smallest absolute Gasteiger partial charge is 0.108 e. The summed E-state index contributed by atoms with van der Waals surface area (Å²) >= 11 is 1.79. The van der Waals surface area contributed by atoms with E-state index in [0.717, 1.165) is 18.7 Å². The van der Waals surface area contributed by atoms with Gasteiger partial charge in [-0.05, 0) is 18.6 Å². The van der Waals surface area contributed by atoms with Crippen LogP contribution in [0.25, 0.3) is 10.2 Å². The third-order valence-corrected chi connectivity index (χ3v) is 5.95. The zero-order valence-corrected chi connectivity index (χ0v) is 12.7. The van der Waals surface area contributed by atoms with Crippen LogP contribution in [0.2, 0.25) is 0 Å². The van der Waals surface area contributed by atoms with Crippen LogP contribution in [0, 0.1) is 11.3 Å². The number of nitrogens with one attached hydrogen (secondary N) is 1. The molecule has 2 aliphatic rings. The molecule has 3 unspecified atom stereocenters. The molecule has 2 heterocycles. The van der Waals surface area contributed by atoms with E-state index in [0.29, 0.717) is 18.1 Å². The first-order valence-corrected chi connectivity index (χ1v) is 8.17. The molecule has 1 aromatic heterocycles. The summed E-state index contributed by atoms with van der Waals surface area (Å²) in [6.45, 7) is 6.43. The molecule has 106 valence electrons. The van der Waals surface area contributed by atoms with Gasteiger partial charge in [-0.2, -0.15) is 0 Å². The van der Waals surface area contributed by atoms with Gasteiger partial charge in [0.25, 0.3) is 0 Å². The Morgan fingerprint density at radius 2 is 2.25 bits per heavy atom. The summed E-state index contributed by atoms with van der Waals surface area (Å²) in [5.41, 5.74) is 1.36. The molecule has 3 atom stereocenters. The van der Waals surface area contributed by atoms with Crippen molar-refractivity contribution in [3.8, 4) is 0 Å². The van der Waals surface area contributed by atoms with Gasteiger partial charge in [0.1, 0.15) is 5.01 Å². The van der Waals surface area contributed by atoms with Crippen LogP contribution >= 0.6 is 11.3 Å². The molecule has 1 N–H and O–H groups in total. The quantitative estimate of drug-likeness (QED) is 0.942. The minimum absolute atomic E-state index is 0.248. The monoisotopic (exact) mass is 288 g/mol. The van der Waals surface area contributed by atoms with Crippen molar-refractivity contribution in [1.29, 1.82) is 0 Å². The lowest BCUT2D eigenvalue weighted by Gasteiger charge is -2.54. The first kappa shape index (κ1) is 12.7. The van der Waals surface area contributed by atoms with Gasteiger partial charge in [0, 0.05) is 30.5 Å². The van der Waals surface area contributed by atoms with Crippen molar-refractivity contribution in [2.45, 2.75) is 39.0 Å². The van der Waals surface area contributed by atoms with E-state index < -0.39 is 0 Å². The standard InChI is InChI=1S/C16H20N2OS/c1-16(2)14(10-7-8-19-15(10)16)17-9-13-18-11-5-3-4-6-12(11)20-13/h3-6,10,14-15,17H,7-9H2,1-2H3. The second-order valence-electron chi connectivity index (χ2n) is 6.50. The van der Waals surface area contributed by atoms with Crippen LogP contribution < -0.4 is 5.32 Å². The topological polar surface area (TPSA) is 34.2 Å². The van der Waals surface area contributed by atoms with E-state index in [9.17, 15) is 0 Å². The van der Waals surface area contributed by atoms with Gasteiger partial charge in [-0.15, -0.1) is 11.3 Å². The fraction of sp³-hybridized carbons (Fsp3) is 0.562. The van der Waals surface area contributed by atoms with Crippen LogP contribution in [-0.2, 0) is 11.3 Å². The summed E-state index contributed by atoms with van der Waals surface area (Å²) in [5, 5.41) is 4.91. The van der Waals surface area contributed by atoms with Crippen molar-refractivity contribution >= 4 is 21.6 Å². The van der Waals surface area contributed by atoms with Crippen molar-refractivity contribution in [1.82, 2.24) is 10.3 Å². The van der Waals surface area contributed by atoms with E-state index in [2.05, 4.69) is 43.4 Å². The summed E-state index contributed by atoms with van der Waals surface area (Å²) in [5.74, 6) is 0.694. The molecule has 1 saturated heterocycles. The molecule has 1 aromatic carbocycles. The third kappa shape index (κ3) is 1.82. The van der Waals surface area contributed by atoms with Crippen molar-refractivity contribution < 1.29 is 4.74 Å². The molecule has 3 nitrogen and oxygen atoms in total. The van der Waals surface area contributed by atoms with Gasteiger partial charge in [-0.3, -0.25) is 0 Å². The molecule has 0 amide bonds. The Hall–Kier alpha value is -0.970. The summed E-state index contributed by atoms with van der Waals surface area (Å²) in [7, 11) is 0. The van der Waals surface area contributed by atoms with Crippen molar-refractivity contribution in [2.75, 3.05) is 6.61 Å². The van der Waals surface area contributed by atoms with Crippen molar-refractivity contribution in [2.24, 2.45) is 11.3 Å². The van der Waals surface area contributed by atoms with Crippen LogP contribution in [0.1, 0.15) is 25.3 Å². The maximum absolute atomic E-state index is 5.84. The largest absolute Gasteiger partial charge is 0.377 e. The van der Waals surface area contributed by atoms with E-state index in [-0.39, 0.29) is 5.41 Å². The number of rotatable bonds is 3. The number of thiazole rings is 1. The number of hydrogen-bond acceptors (Lipinski definition) is 4. The zero-order valence-electron chi connectivity index (χ0n) is 11.9. The Morgan fingerprint density at radius 3 is 3.10 bits per heavy atom. The van der Waals surface area contributed by atoms with E-state index >= 15 is 0 Å². The fourth-order valence-electron chi connectivity index (χ4n) is 3.93. The second-order valence-corrected chi connectivity index (χ2v) is 7.61. The highest BCUT2D eigenvalue weighted by Crippen LogP contribution is 2.52. The van der Waals surface area contributed by atoms with Gasteiger partial charge >= 0.3 is 0 Å². The Morgan fingerprint density at radius 1 is 1.40 bits per heavy atom. The van der Waals surface area contributed by atoms with Crippen LogP contribution in [0.4, 0.5) is 0 Å². The van der Waals surface area contributed by atoms with E-state index in [1.807, 2.05) is 0 Å². The van der Waals surface area contributed by atoms with Crippen molar-refractivity contribution in [3.63, 3.8) is 0 Å². The molecule has 1 aliphatic carbocycles. The molecule has 0 bridgehead atoms. The summed E-state index contributed by atoms with van der Waals surface area (Å²) in [6.07, 6.45) is 1.65. The maximum atomic E-state index is 5.84. The lowest BCUT2D eigenvalue weighted by Crippen LogP contribution is -2.65. The summed E-state index contributed by atoms with van der Waals surface area (Å²) in [6, 6.07) is 8.91. The lowest BCUT2D eigenvalue weighted by molar-refractivity contribution is -0.113. The van der Waals surface area contributed by atoms with E-state index in [4.69, 9.17) is 9.72 Å². The molecule has 2 aromatic rings. The summed E-state index contributed by atoms with van der Waals surface area (Å²) < 4.78 is 7.12. The van der Waals surface area contributed by atoms with Gasteiger partial charge < -0.3 is 10.1 Å². The molecule has 4 rings (SSSR count). The zero-order chi connectivity index (χ0) is 13.7. The number of nitrogens with zero attached hydrogens (tertiary/aromatic N) is 1. The Labute approximate surface area is 123 Å². The lowest BCUT2D eigenvalue weighted by atomic mass is 9.57. The van der Waals surface area contributed by atoms with Crippen LogP contribution in [-0.4, -0.2) is 23.7 Å². The molecule has 0 spiro atoms. The number of ether oxygens (including phenoxy) is 1. The molecule has 20 heavy (non-hydrogen) atoms. The van der Waals surface area contributed by atoms with Gasteiger partial charge in [0.15, 0.2) is 0 Å². The van der Waals surface area contributed by atoms with Crippen LogP contribution in [0.15, 0.2) is 24.3 Å². The highest BCUT2D eigenvalue weighted by Gasteiger charge is 2.58. The first-order valence-electron chi connectivity index (χ1n) is 7.36. The molecule has 4 heteroatoms. The second kappa shape index (κ2) is 4.52. The predicted molar refractivity (Wildman–Crippen MR) is 81.9 cm³/mol. The van der Waals surface area contributed by atoms with E-state index in [1.54, 1.807) is 11.3 Å². The fourth-order valence-corrected chi connectivity index (χ4v) is 4.85. The Bertz CT molecular complexity index is 603. The molecule has 0 radical (unpaired) electrons. The number of para-hydroxylation sites is 1. The molecule has 1 saturated carbocycles. The van der Waals surface area contributed by atoms with Gasteiger partial charge in [0.2, 0.25) is 0 Å². The van der Waals surface area contributed by atoms with Crippen LogP contribution in [0.5, 0.6) is 0 Å². The minimum Gasteiger partial charge on any atom is -0.377 e. The SMILES string of the molecule is CC1(C)C(NCc2nc3ccccc3s2)C2CCOC21. The van der Waals surface area contributed by atoms with Crippen molar-refractivity contribution in [3.05, 3.63) is 29.3 Å². The molecule has 1 aliphatic heterocycles. The molecular formula is C16H20N2OS. The Balaban J connectivity index is 1.48. The van der Waals surface area contributed by atoms with Gasteiger partial charge in [-0.1, -0.05) is 26.0 Å². The van der Waals surface area contributed by atoms with E-state index in [1.165, 1.54) is 16.1 Å².